The Kier molecular flexibility index (Phi) is 4.01. The molecule has 0 heterocycles. The molecule has 3 rings (SSSR count). The number of rotatable bonds is 2. The van der Waals surface area contributed by atoms with Gasteiger partial charge in [0.05, 0.1) is 5.38 Å². The molecule has 0 N–H and O–H groups in total. The van der Waals surface area contributed by atoms with Crippen LogP contribution in [0.25, 0.3) is 10.8 Å². The first-order chi connectivity index (χ1) is 10.1. The minimum Gasteiger partial charge on any atom is -0.206 e. The topological polar surface area (TPSA) is 0 Å². The quantitative estimate of drug-likeness (QED) is 0.463. The molecule has 106 valence electrons. The summed E-state index contributed by atoms with van der Waals surface area (Å²) in [7, 11) is 0. The largest absolute Gasteiger partial charge is 0.206 e. The molecule has 0 amide bonds. The number of halogens is 3. The molecule has 0 spiro atoms. The first-order valence-electron chi connectivity index (χ1n) is 6.66. The van der Waals surface area contributed by atoms with E-state index < -0.39 is 0 Å². The number of hydrogen-bond acceptors (Lipinski definition) is 0. The van der Waals surface area contributed by atoms with Crippen molar-refractivity contribution in [3.63, 3.8) is 0 Å². The lowest BCUT2D eigenvalue weighted by Crippen LogP contribution is -1.98. The molecule has 0 fully saturated rings. The maximum Gasteiger partial charge on any atom is 0.131 e. The minimum absolute atomic E-state index is 0.221. The van der Waals surface area contributed by atoms with Crippen molar-refractivity contribution in [2.45, 2.75) is 12.3 Å². The molecular formula is C18H13BrClF. The maximum absolute atomic E-state index is 13.9. The van der Waals surface area contributed by atoms with E-state index in [0.29, 0.717) is 5.39 Å². The smallest absolute Gasteiger partial charge is 0.131 e. The summed E-state index contributed by atoms with van der Waals surface area (Å²) in [6.07, 6.45) is 0. The zero-order valence-electron chi connectivity index (χ0n) is 11.4. The van der Waals surface area contributed by atoms with Crippen molar-refractivity contribution in [3.05, 3.63) is 81.6 Å². The Labute approximate surface area is 136 Å². The fraction of sp³-hybridized carbons (Fsp3) is 0.111. The van der Waals surface area contributed by atoms with E-state index in [0.717, 1.165) is 26.5 Å². The molecule has 3 aromatic rings. The maximum atomic E-state index is 13.9. The molecule has 0 aliphatic rings. The van der Waals surface area contributed by atoms with Gasteiger partial charge in [0.2, 0.25) is 0 Å². The van der Waals surface area contributed by atoms with E-state index in [-0.39, 0.29) is 11.2 Å². The SMILES string of the molecule is Cc1cccc(C(Cl)c2ccc(F)c3ccccc23)c1Br. The van der Waals surface area contributed by atoms with E-state index in [1.165, 1.54) is 6.07 Å². The van der Waals surface area contributed by atoms with Crippen LogP contribution in [-0.4, -0.2) is 0 Å². The zero-order chi connectivity index (χ0) is 15.0. The van der Waals surface area contributed by atoms with Crippen LogP contribution in [0, 0.1) is 12.7 Å². The summed E-state index contributed by atoms with van der Waals surface area (Å²) in [5, 5.41) is 1.13. The van der Waals surface area contributed by atoms with Gasteiger partial charge in [-0.3, -0.25) is 0 Å². The molecule has 0 bridgehead atoms. The van der Waals surface area contributed by atoms with Crippen LogP contribution in [0.1, 0.15) is 22.1 Å². The van der Waals surface area contributed by atoms with Crippen molar-refractivity contribution in [2.75, 3.05) is 0 Å². The summed E-state index contributed by atoms with van der Waals surface area (Å²) >= 11 is 10.3. The molecule has 0 saturated heterocycles. The zero-order valence-corrected chi connectivity index (χ0v) is 13.7. The Balaban J connectivity index is 2.21. The van der Waals surface area contributed by atoms with Gasteiger partial charge in [-0.15, -0.1) is 11.6 Å². The van der Waals surface area contributed by atoms with Crippen LogP contribution in [0.2, 0.25) is 0 Å². The number of hydrogen-bond donors (Lipinski definition) is 0. The second-order valence-electron chi connectivity index (χ2n) is 5.02. The molecule has 0 aliphatic carbocycles. The Morgan fingerprint density at radius 3 is 2.38 bits per heavy atom. The van der Waals surface area contributed by atoms with E-state index in [9.17, 15) is 4.39 Å². The molecule has 1 atom stereocenters. The third-order valence-corrected chi connectivity index (χ3v) is 5.23. The minimum atomic E-state index is -0.329. The molecule has 0 aromatic heterocycles. The first kappa shape index (κ1) is 14.6. The average molecular weight is 364 g/mol. The summed E-state index contributed by atoms with van der Waals surface area (Å²) in [4.78, 5) is 0. The van der Waals surface area contributed by atoms with Crippen LogP contribution >= 0.6 is 27.5 Å². The van der Waals surface area contributed by atoms with Crippen LogP contribution < -0.4 is 0 Å². The van der Waals surface area contributed by atoms with Crippen molar-refractivity contribution in [1.29, 1.82) is 0 Å². The molecule has 1 unspecified atom stereocenters. The Bertz CT molecular complexity index is 813. The second kappa shape index (κ2) is 5.78. The fourth-order valence-electron chi connectivity index (χ4n) is 2.54. The number of alkyl halides is 1. The summed E-state index contributed by atoms with van der Waals surface area (Å²) in [5.74, 6) is -0.221. The van der Waals surface area contributed by atoms with Crippen LogP contribution in [0.15, 0.2) is 59.1 Å². The summed E-state index contributed by atoms with van der Waals surface area (Å²) < 4.78 is 14.9. The van der Waals surface area contributed by atoms with Crippen LogP contribution in [0.4, 0.5) is 4.39 Å². The fourth-order valence-corrected chi connectivity index (χ4v) is 3.54. The van der Waals surface area contributed by atoms with Gasteiger partial charge in [0, 0.05) is 9.86 Å². The Morgan fingerprint density at radius 2 is 1.62 bits per heavy atom. The Hall–Kier alpha value is -1.38. The predicted octanol–water partition coefficient (Wildman–Crippen LogP) is 6.38. The lowest BCUT2D eigenvalue weighted by molar-refractivity contribution is 0.639. The molecule has 3 aromatic carbocycles. The van der Waals surface area contributed by atoms with Crippen LogP contribution in [-0.2, 0) is 0 Å². The highest BCUT2D eigenvalue weighted by molar-refractivity contribution is 9.10. The average Bonchev–Trinajstić information content (AvgIpc) is 2.50. The lowest BCUT2D eigenvalue weighted by atomic mass is 9.97. The lowest BCUT2D eigenvalue weighted by Gasteiger charge is -2.16. The summed E-state index contributed by atoms with van der Waals surface area (Å²) in [6.45, 7) is 2.03. The van der Waals surface area contributed by atoms with Crippen molar-refractivity contribution in [2.24, 2.45) is 0 Å². The standard InChI is InChI=1S/C18H13BrClF/c1-11-5-4-8-15(17(11)19)18(20)14-9-10-16(21)13-7-3-2-6-12(13)14/h2-10,18H,1H3. The van der Waals surface area contributed by atoms with Gasteiger partial charge in [-0.05, 0) is 35.1 Å². The van der Waals surface area contributed by atoms with Gasteiger partial charge >= 0.3 is 0 Å². The van der Waals surface area contributed by atoms with Crippen molar-refractivity contribution >= 4 is 38.3 Å². The normalized spacial score (nSPS) is 12.6. The van der Waals surface area contributed by atoms with Gasteiger partial charge in [-0.1, -0.05) is 64.5 Å². The molecule has 0 nitrogen and oxygen atoms in total. The van der Waals surface area contributed by atoms with Gasteiger partial charge in [-0.2, -0.15) is 0 Å². The van der Waals surface area contributed by atoms with Crippen LogP contribution in [0.5, 0.6) is 0 Å². The third kappa shape index (κ3) is 2.58. The molecular weight excluding hydrogens is 351 g/mol. The summed E-state index contributed by atoms with van der Waals surface area (Å²) in [6, 6.07) is 16.7. The second-order valence-corrected chi connectivity index (χ2v) is 6.25. The molecule has 0 aliphatic heterocycles. The number of fused-ring (bicyclic) bond motifs is 1. The molecule has 0 radical (unpaired) electrons. The van der Waals surface area contributed by atoms with Crippen molar-refractivity contribution < 1.29 is 4.39 Å². The van der Waals surface area contributed by atoms with Gasteiger partial charge in [0.25, 0.3) is 0 Å². The van der Waals surface area contributed by atoms with E-state index in [2.05, 4.69) is 15.9 Å². The van der Waals surface area contributed by atoms with E-state index in [1.807, 2.05) is 43.3 Å². The molecule has 21 heavy (non-hydrogen) atoms. The monoisotopic (exact) mass is 362 g/mol. The number of aryl methyl sites for hydroxylation is 1. The van der Waals surface area contributed by atoms with E-state index in [4.69, 9.17) is 11.6 Å². The van der Waals surface area contributed by atoms with E-state index >= 15 is 0 Å². The Morgan fingerprint density at radius 1 is 0.905 bits per heavy atom. The third-order valence-electron chi connectivity index (χ3n) is 3.67. The predicted molar refractivity (Wildman–Crippen MR) is 90.5 cm³/mol. The highest BCUT2D eigenvalue weighted by Gasteiger charge is 2.18. The first-order valence-corrected chi connectivity index (χ1v) is 7.89. The summed E-state index contributed by atoms with van der Waals surface area (Å²) in [5.41, 5.74) is 3.04. The van der Waals surface area contributed by atoms with Gasteiger partial charge in [-0.25, -0.2) is 4.39 Å². The molecule has 3 heteroatoms. The number of benzene rings is 3. The van der Waals surface area contributed by atoms with Crippen LogP contribution in [0.3, 0.4) is 0 Å². The van der Waals surface area contributed by atoms with Crippen molar-refractivity contribution in [3.8, 4) is 0 Å². The van der Waals surface area contributed by atoms with Gasteiger partial charge in [0.15, 0.2) is 0 Å². The van der Waals surface area contributed by atoms with E-state index in [1.54, 1.807) is 12.1 Å². The van der Waals surface area contributed by atoms with Crippen molar-refractivity contribution in [1.82, 2.24) is 0 Å². The molecule has 0 saturated carbocycles. The highest BCUT2D eigenvalue weighted by Crippen LogP contribution is 2.38. The van der Waals surface area contributed by atoms with Gasteiger partial charge < -0.3 is 0 Å². The van der Waals surface area contributed by atoms with Gasteiger partial charge in [0.1, 0.15) is 5.82 Å². The highest BCUT2D eigenvalue weighted by atomic mass is 79.9.